The van der Waals surface area contributed by atoms with Gasteiger partial charge in [-0.1, -0.05) is 6.07 Å². The maximum absolute atomic E-state index is 13.6. The number of carbonyl (C=O) groups is 1. The van der Waals surface area contributed by atoms with E-state index in [2.05, 4.69) is 5.10 Å². The van der Waals surface area contributed by atoms with Crippen LogP contribution in [0.1, 0.15) is 34.6 Å². The fourth-order valence-corrected chi connectivity index (χ4v) is 2.55. The first-order valence-corrected chi connectivity index (χ1v) is 6.74. The van der Waals surface area contributed by atoms with Crippen LogP contribution in [0, 0.1) is 5.82 Å². The number of fused-ring (bicyclic) bond motifs is 1. The van der Waals surface area contributed by atoms with Crippen LogP contribution in [0.4, 0.5) is 4.39 Å². The summed E-state index contributed by atoms with van der Waals surface area (Å²) in [4.78, 5) is 22.9. The van der Waals surface area contributed by atoms with Gasteiger partial charge in [-0.25, -0.2) is 18.7 Å². The van der Waals surface area contributed by atoms with E-state index in [0.29, 0.717) is 12.1 Å². The summed E-state index contributed by atoms with van der Waals surface area (Å²) < 4.78 is 16.6. The smallest absolute Gasteiger partial charge is 0.346 e. The lowest BCUT2D eigenvalue weighted by Crippen LogP contribution is -2.27. The van der Waals surface area contributed by atoms with E-state index in [1.807, 2.05) is 0 Å². The van der Waals surface area contributed by atoms with Gasteiger partial charge in [0.2, 0.25) is 0 Å². The number of aryl methyl sites for hydroxylation is 1. The van der Waals surface area contributed by atoms with Gasteiger partial charge in [-0.3, -0.25) is 4.57 Å². The predicted molar refractivity (Wildman–Crippen MR) is 71.9 cm³/mol. The van der Waals surface area contributed by atoms with Crippen LogP contribution in [0.25, 0.3) is 0 Å². The molecule has 0 bridgehead atoms. The van der Waals surface area contributed by atoms with Crippen molar-refractivity contribution < 1.29 is 14.3 Å². The lowest BCUT2D eigenvalue weighted by Gasteiger charge is -2.09. The van der Waals surface area contributed by atoms with Crippen LogP contribution in [-0.4, -0.2) is 25.4 Å². The molecule has 0 spiro atoms. The molecule has 0 saturated carbocycles. The monoisotopic (exact) mass is 291 g/mol. The summed E-state index contributed by atoms with van der Waals surface area (Å²) in [6.07, 6.45) is 2.74. The average molecular weight is 291 g/mol. The van der Waals surface area contributed by atoms with E-state index in [1.54, 1.807) is 4.57 Å². The fraction of sp³-hybridized carbons (Fsp3) is 0.357. The number of benzene rings is 1. The molecule has 0 fully saturated rings. The maximum atomic E-state index is 13.6. The van der Waals surface area contributed by atoms with Crippen LogP contribution < -0.4 is 5.69 Å². The van der Waals surface area contributed by atoms with Gasteiger partial charge in [0.15, 0.2) is 0 Å². The molecule has 1 aromatic heterocycles. The van der Waals surface area contributed by atoms with E-state index in [0.717, 1.165) is 31.2 Å². The highest BCUT2D eigenvalue weighted by atomic mass is 19.1. The van der Waals surface area contributed by atoms with Gasteiger partial charge >= 0.3 is 11.7 Å². The number of halogens is 1. The van der Waals surface area contributed by atoms with E-state index < -0.39 is 11.8 Å². The van der Waals surface area contributed by atoms with Crippen molar-refractivity contribution in [2.24, 2.45) is 0 Å². The molecule has 1 aromatic carbocycles. The molecule has 2 heterocycles. The van der Waals surface area contributed by atoms with Gasteiger partial charge < -0.3 is 5.11 Å². The second kappa shape index (κ2) is 5.16. The first-order valence-electron chi connectivity index (χ1n) is 6.74. The van der Waals surface area contributed by atoms with Crippen molar-refractivity contribution in [2.45, 2.75) is 32.4 Å². The normalized spacial score (nSPS) is 14.0. The molecular formula is C14H14FN3O3. The highest BCUT2D eigenvalue weighted by Crippen LogP contribution is 2.13. The number of nitrogens with zero attached hydrogens (tertiary/aromatic N) is 3. The third kappa shape index (κ3) is 2.46. The fourth-order valence-electron chi connectivity index (χ4n) is 2.55. The molecule has 1 aliphatic heterocycles. The Morgan fingerprint density at radius 3 is 2.86 bits per heavy atom. The zero-order valence-corrected chi connectivity index (χ0v) is 11.3. The standard InChI is InChI=1S/C14H14FN3O3/c15-11-7-9(4-5-10(11)13(19)20)8-18-14(21)17-6-2-1-3-12(17)16-18/h4-5,7H,1-3,6,8H2,(H,19,20). The molecule has 3 rings (SSSR count). The molecule has 7 heteroatoms. The van der Waals surface area contributed by atoms with Gasteiger partial charge in [0.05, 0.1) is 12.1 Å². The van der Waals surface area contributed by atoms with Crippen LogP contribution in [0.2, 0.25) is 0 Å². The Kier molecular flexibility index (Phi) is 3.32. The summed E-state index contributed by atoms with van der Waals surface area (Å²) in [7, 11) is 0. The van der Waals surface area contributed by atoms with Crippen LogP contribution in [0.3, 0.4) is 0 Å². The Morgan fingerprint density at radius 2 is 2.19 bits per heavy atom. The van der Waals surface area contributed by atoms with Crippen LogP contribution in [0.15, 0.2) is 23.0 Å². The lowest BCUT2D eigenvalue weighted by atomic mass is 10.1. The molecule has 1 N–H and O–H groups in total. The number of carboxylic acids is 1. The van der Waals surface area contributed by atoms with Crippen LogP contribution >= 0.6 is 0 Å². The van der Waals surface area contributed by atoms with E-state index in [9.17, 15) is 14.0 Å². The summed E-state index contributed by atoms with van der Waals surface area (Å²) in [5, 5.41) is 13.1. The van der Waals surface area contributed by atoms with Gasteiger partial charge in [-0.05, 0) is 30.5 Å². The summed E-state index contributed by atoms with van der Waals surface area (Å²) >= 11 is 0. The summed E-state index contributed by atoms with van der Waals surface area (Å²) in [6, 6.07) is 3.83. The van der Waals surface area contributed by atoms with E-state index in [4.69, 9.17) is 5.11 Å². The zero-order valence-electron chi connectivity index (χ0n) is 11.3. The Morgan fingerprint density at radius 1 is 1.38 bits per heavy atom. The highest BCUT2D eigenvalue weighted by Gasteiger charge is 2.17. The number of hydrogen-bond acceptors (Lipinski definition) is 3. The average Bonchev–Trinajstić information content (AvgIpc) is 2.76. The first kappa shape index (κ1) is 13.5. The summed E-state index contributed by atoms with van der Waals surface area (Å²) in [6.45, 7) is 0.802. The van der Waals surface area contributed by atoms with Crippen molar-refractivity contribution in [3.63, 3.8) is 0 Å². The van der Waals surface area contributed by atoms with Gasteiger partial charge in [-0.15, -0.1) is 0 Å². The number of aromatic carboxylic acids is 1. The number of aromatic nitrogens is 3. The number of hydrogen-bond donors (Lipinski definition) is 1. The van der Waals surface area contributed by atoms with Crippen molar-refractivity contribution >= 4 is 5.97 Å². The minimum Gasteiger partial charge on any atom is -0.478 e. The third-order valence-corrected chi connectivity index (χ3v) is 3.63. The molecule has 2 aromatic rings. The first-order chi connectivity index (χ1) is 10.1. The van der Waals surface area contributed by atoms with Crippen molar-refractivity contribution in [3.05, 3.63) is 51.5 Å². The van der Waals surface area contributed by atoms with Gasteiger partial charge in [0.1, 0.15) is 11.6 Å². The Labute approximate surface area is 119 Å². The predicted octanol–water partition coefficient (Wildman–Crippen LogP) is 1.27. The van der Waals surface area contributed by atoms with Crippen LogP contribution in [-0.2, 0) is 19.5 Å². The Bertz CT molecular complexity index is 763. The quantitative estimate of drug-likeness (QED) is 0.923. The van der Waals surface area contributed by atoms with Crippen LogP contribution in [0.5, 0.6) is 0 Å². The second-order valence-corrected chi connectivity index (χ2v) is 5.08. The molecule has 0 aliphatic carbocycles. The molecule has 0 unspecified atom stereocenters. The summed E-state index contributed by atoms with van der Waals surface area (Å²) in [5.41, 5.74) is -0.0716. The summed E-state index contributed by atoms with van der Waals surface area (Å²) in [5.74, 6) is -1.36. The molecule has 0 saturated heterocycles. The molecule has 110 valence electrons. The molecule has 6 nitrogen and oxygen atoms in total. The number of carboxylic acid groups (broad SMARTS) is 1. The van der Waals surface area contributed by atoms with Gasteiger partial charge in [0.25, 0.3) is 0 Å². The van der Waals surface area contributed by atoms with Crippen molar-refractivity contribution in [1.29, 1.82) is 0 Å². The van der Waals surface area contributed by atoms with Crippen molar-refractivity contribution in [3.8, 4) is 0 Å². The molecule has 0 atom stereocenters. The lowest BCUT2D eigenvalue weighted by molar-refractivity contribution is 0.0692. The van der Waals surface area contributed by atoms with E-state index in [1.165, 1.54) is 16.8 Å². The minimum atomic E-state index is -1.31. The molecular weight excluding hydrogens is 277 g/mol. The maximum Gasteiger partial charge on any atom is 0.346 e. The van der Waals surface area contributed by atoms with Crippen molar-refractivity contribution in [2.75, 3.05) is 0 Å². The van der Waals surface area contributed by atoms with E-state index in [-0.39, 0.29) is 17.8 Å². The van der Waals surface area contributed by atoms with E-state index >= 15 is 0 Å². The van der Waals surface area contributed by atoms with Gasteiger partial charge in [0, 0.05) is 13.0 Å². The molecule has 1 aliphatic rings. The van der Waals surface area contributed by atoms with Gasteiger partial charge in [-0.2, -0.15) is 5.10 Å². The SMILES string of the molecule is O=C(O)c1ccc(Cn2nc3n(c2=O)CCCC3)cc1F. The number of rotatable bonds is 3. The zero-order chi connectivity index (χ0) is 15.0. The van der Waals surface area contributed by atoms with Crippen molar-refractivity contribution in [1.82, 2.24) is 14.3 Å². The largest absolute Gasteiger partial charge is 0.478 e. The molecule has 0 radical (unpaired) electrons. The second-order valence-electron chi connectivity index (χ2n) is 5.08. The Balaban J connectivity index is 1.91. The Hall–Kier alpha value is -2.44. The third-order valence-electron chi connectivity index (χ3n) is 3.63. The molecule has 0 amide bonds. The highest BCUT2D eigenvalue weighted by molar-refractivity contribution is 5.87. The minimum absolute atomic E-state index is 0.135. The topological polar surface area (TPSA) is 77.1 Å². The molecule has 21 heavy (non-hydrogen) atoms.